The highest BCUT2D eigenvalue weighted by atomic mass is 32.2. The predicted octanol–water partition coefficient (Wildman–Crippen LogP) is 4.47. The highest BCUT2D eigenvalue weighted by Gasteiger charge is 2.16. The average Bonchev–Trinajstić information content (AvgIpc) is 3.30. The summed E-state index contributed by atoms with van der Waals surface area (Å²) >= 11 is 5.08. The third-order valence-electron chi connectivity index (χ3n) is 3.79. The lowest BCUT2D eigenvalue weighted by molar-refractivity contribution is 0.120. The smallest absolute Gasteiger partial charge is 0.206 e. The Morgan fingerprint density at radius 2 is 2.33 bits per heavy atom. The lowest BCUT2D eigenvalue weighted by Gasteiger charge is -2.08. The lowest BCUT2D eigenvalue weighted by Crippen LogP contribution is -2.18. The second-order valence-corrected chi connectivity index (χ2v) is 9.49. The largest absolute Gasteiger partial charge is 0.376 e. The van der Waals surface area contributed by atoms with Gasteiger partial charge >= 0.3 is 0 Å². The van der Waals surface area contributed by atoms with Crippen LogP contribution in [0.4, 0.5) is 5.13 Å². The Labute approximate surface area is 155 Å². The minimum absolute atomic E-state index is 0.323. The first-order valence-electron chi connectivity index (χ1n) is 8.44. The van der Waals surface area contributed by atoms with Gasteiger partial charge in [0.1, 0.15) is 0 Å². The minimum Gasteiger partial charge on any atom is -0.376 e. The van der Waals surface area contributed by atoms with Gasteiger partial charge in [-0.05, 0) is 31.6 Å². The summed E-state index contributed by atoms with van der Waals surface area (Å²) < 4.78 is 6.59. The maximum absolute atomic E-state index is 5.61. The van der Waals surface area contributed by atoms with E-state index in [-0.39, 0.29) is 0 Å². The highest BCUT2D eigenvalue weighted by molar-refractivity contribution is 8.00. The van der Waals surface area contributed by atoms with Crippen molar-refractivity contribution < 1.29 is 4.74 Å². The predicted molar refractivity (Wildman–Crippen MR) is 102 cm³/mol. The molecule has 8 heteroatoms. The van der Waals surface area contributed by atoms with Gasteiger partial charge in [-0.25, -0.2) is 4.98 Å². The van der Waals surface area contributed by atoms with Crippen LogP contribution in [0, 0.1) is 5.92 Å². The maximum Gasteiger partial charge on any atom is 0.206 e. The number of aromatic nitrogens is 3. The van der Waals surface area contributed by atoms with Gasteiger partial charge in [0.15, 0.2) is 4.34 Å². The number of nitrogens with zero attached hydrogens (tertiary/aromatic N) is 3. The maximum atomic E-state index is 5.61. The van der Waals surface area contributed by atoms with E-state index < -0.39 is 0 Å². The molecular formula is C16H24N4OS3. The zero-order chi connectivity index (χ0) is 16.8. The van der Waals surface area contributed by atoms with Crippen molar-refractivity contribution in [1.82, 2.24) is 15.2 Å². The van der Waals surface area contributed by atoms with E-state index in [9.17, 15) is 0 Å². The van der Waals surface area contributed by atoms with Gasteiger partial charge in [-0.1, -0.05) is 36.9 Å². The third-order valence-corrected chi connectivity index (χ3v) is 6.80. The number of thiazole rings is 1. The van der Waals surface area contributed by atoms with Crippen LogP contribution in [0.5, 0.6) is 0 Å². The number of hydrogen-bond donors (Lipinski definition) is 1. The van der Waals surface area contributed by atoms with Crippen molar-refractivity contribution in [3.05, 3.63) is 16.1 Å². The molecule has 0 spiro atoms. The van der Waals surface area contributed by atoms with E-state index in [0.717, 1.165) is 59.3 Å². The summed E-state index contributed by atoms with van der Waals surface area (Å²) in [5.74, 6) is 1.59. The SMILES string of the molecule is CC(C)CCc1nc(CSc2nnc(NCC3CCCO3)s2)cs1. The van der Waals surface area contributed by atoms with E-state index in [0.29, 0.717) is 6.10 Å². The number of thioether (sulfide) groups is 1. The quantitative estimate of drug-likeness (QED) is 0.644. The summed E-state index contributed by atoms with van der Waals surface area (Å²) in [5.41, 5.74) is 1.15. The zero-order valence-corrected chi connectivity index (χ0v) is 16.6. The molecule has 0 aromatic carbocycles. The van der Waals surface area contributed by atoms with Gasteiger partial charge < -0.3 is 10.1 Å². The Bertz CT molecular complexity index is 622. The summed E-state index contributed by atoms with van der Waals surface area (Å²) in [5, 5.41) is 16.1. The summed E-state index contributed by atoms with van der Waals surface area (Å²) in [4.78, 5) is 4.71. The topological polar surface area (TPSA) is 59.9 Å². The first-order chi connectivity index (χ1) is 11.7. The Morgan fingerprint density at radius 3 is 3.12 bits per heavy atom. The number of ether oxygens (including phenoxy) is 1. The van der Waals surface area contributed by atoms with Gasteiger partial charge in [-0.3, -0.25) is 0 Å². The van der Waals surface area contributed by atoms with Crippen molar-refractivity contribution in [2.45, 2.75) is 55.7 Å². The molecule has 1 N–H and O–H groups in total. The molecule has 5 nitrogen and oxygen atoms in total. The average molecular weight is 385 g/mol. The molecule has 0 bridgehead atoms. The molecule has 1 saturated heterocycles. The van der Waals surface area contributed by atoms with Gasteiger partial charge in [-0.2, -0.15) is 0 Å². The van der Waals surface area contributed by atoms with E-state index in [1.807, 2.05) is 0 Å². The van der Waals surface area contributed by atoms with Crippen LogP contribution < -0.4 is 5.32 Å². The summed E-state index contributed by atoms with van der Waals surface area (Å²) in [7, 11) is 0. The van der Waals surface area contributed by atoms with Crippen molar-refractivity contribution in [3.63, 3.8) is 0 Å². The molecule has 0 aliphatic carbocycles. The minimum atomic E-state index is 0.323. The van der Waals surface area contributed by atoms with E-state index in [1.165, 1.54) is 11.4 Å². The second kappa shape index (κ2) is 9.12. The molecule has 3 rings (SSSR count). The van der Waals surface area contributed by atoms with E-state index in [4.69, 9.17) is 9.72 Å². The number of rotatable bonds is 9. The van der Waals surface area contributed by atoms with Crippen LogP contribution in [0.25, 0.3) is 0 Å². The van der Waals surface area contributed by atoms with E-state index in [1.54, 1.807) is 34.4 Å². The summed E-state index contributed by atoms with van der Waals surface area (Å²) in [6.45, 7) is 6.22. The molecule has 132 valence electrons. The van der Waals surface area contributed by atoms with Crippen molar-refractivity contribution in [2.24, 2.45) is 5.92 Å². The van der Waals surface area contributed by atoms with Crippen molar-refractivity contribution in [3.8, 4) is 0 Å². The van der Waals surface area contributed by atoms with Crippen LogP contribution in [0.2, 0.25) is 0 Å². The fourth-order valence-electron chi connectivity index (χ4n) is 2.42. The standard InChI is InChI=1S/C16H24N4OS3/c1-11(2)5-6-14-18-12(9-22-14)10-23-16-20-19-15(24-16)17-8-13-4-3-7-21-13/h9,11,13H,3-8,10H2,1-2H3,(H,17,19). The molecular weight excluding hydrogens is 360 g/mol. The first kappa shape index (κ1) is 18.1. The van der Waals surface area contributed by atoms with Gasteiger partial charge in [0.05, 0.1) is 16.8 Å². The van der Waals surface area contributed by atoms with Gasteiger partial charge in [0.25, 0.3) is 0 Å². The molecule has 2 aromatic heterocycles. The monoisotopic (exact) mass is 384 g/mol. The Morgan fingerprint density at radius 1 is 1.42 bits per heavy atom. The fraction of sp³-hybridized carbons (Fsp3) is 0.688. The number of anilines is 1. The molecule has 1 atom stereocenters. The van der Waals surface area contributed by atoms with E-state index in [2.05, 4.69) is 34.7 Å². The second-order valence-electron chi connectivity index (χ2n) is 6.34. The number of hydrogen-bond acceptors (Lipinski definition) is 8. The Balaban J connectivity index is 1.41. The molecule has 1 fully saturated rings. The van der Waals surface area contributed by atoms with Crippen LogP contribution in [-0.4, -0.2) is 34.4 Å². The van der Waals surface area contributed by atoms with Crippen molar-refractivity contribution >= 4 is 39.6 Å². The first-order valence-corrected chi connectivity index (χ1v) is 11.1. The molecule has 0 saturated carbocycles. The molecule has 1 aliphatic rings. The molecule has 3 heterocycles. The Hall–Kier alpha value is -0.700. The third kappa shape index (κ3) is 5.68. The molecule has 24 heavy (non-hydrogen) atoms. The molecule has 2 aromatic rings. The summed E-state index contributed by atoms with van der Waals surface area (Å²) in [6.07, 6.45) is 4.91. The summed E-state index contributed by atoms with van der Waals surface area (Å²) in [6, 6.07) is 0. The Kier molecular flexibility index (Phi) is 6.88. The molecule has 0 amide bonds. The van der Waals surface area contributed by atoms with Crippen LogP contribution in [0.15, 0.2) is 9.72 Å². The van der Waals surface area contributed by atoms with Gasteiger partial charge in [0, 0.05) is 24.3 Å². The number of aryl methyl sites for hydroxylation is 1. The lowest BCUT2D eigenvalue weighted by atomic mass is 10.1. The normalized spacial score (nSPS) is 17.7. The van der Waals surface area contributed by atoms with E-state index >= 15 is 0 Å². The highest BCUT2D eigenvalue weighted by Crippen LogP contribution is 2.29. The molecule has 1 aliphatic heterocycles. The number of nitrogens with one attached hydrogen (secondary N) is 1. The van der Waals surface area contributed by atoms with Gasteiger partial charge in [-0.15, -0.1) is 21.5 Å². The van der Waals surface area contributed by atoms with Crippen LogP contribution in [0.3, 0.4) is 0 Å². The van der Waals surface area contributed by atoms with Crippen LogP contribution >= 0.6 is 34.4 Å². The fourth-order valence-corrected chi connectivity index (χ4v) is 4.99. The van der Waals surface area contributed by atoms with Crippen LogP contribution in [-0.2, 0) is 16.9 Å². The van der Waals surface area contributed by atoms with Gasteiger partial charge in [0.2, 0.25) is 5.13 Å². The van der Waals surface area contributed by atoms with Crippen LogP contribution in [0.1, 0.15) is 43.8 Å². The van der Waals surface area contributed by atoms with Crippen molar-refractivity contribution in [1.29, 1.82) is 0 Å². The molecule has 1 unspecified atom stereocenters. The zero-order valence-electron chi connectivity index (χ0n) is 14.2. The molecule has 0 radical (unpaired) electrons. The van der Waals surface area contributed by atoms with Crippen molar-refractivity contribution in [2.75, 3.05) is 18.5 Å².